The van der Waals surface area contributed by atoms with E-state index < -0.39 is 35.7 Å². The number of nitrogens with zero attached hydrogens (tertiary/aromatic N) is 2. The van der Waals surface area contributed by atoms with E-state index in [2.05, 4.69) is 0 Å². The predicted octanol–water partition coefficient (Wildman–Crippen LogP) is 5.15. The molecule has 0 spiro atoms. The number of fused-ring (bicyclic) bond motifs is 1. The number of hydroxylamine groups is 1. The first-order valence-corrected chi connectivity index (χ1v) is 10.7. The molecule has 5 rings (SSSR count). The second-order valence-corrected chi connectivity index (χ2v) is 8.50. The van der Waals surface area contributed by atoms with Gasteiger partial charge in [-0.25, -0.2) is 14.4 Å². The number of halogens is 2. The standard InChI is InChI=1S/C25H20ClFN2O3/c1-14-11-12-19(15(2)13-14)28-24(30)21-22(20-17(26)9-6-10-18(20)27)29(32-23(21)25(28)31)16-7-4-3-5-8-16/h3-13,21-23H,1-2H3/t21-,22+,23+/m0/s1. The fraction of sp³-hybridized carbons (Fsp3) is 0.200. The second-order valence-electron chi connectivity index (χ2n) is 8.10. The molecule has 0 radical (unpaired) electrons. The van der Waals surface area contributed by atoms with Crippen LogP contribution in [0, 0.1) is 25.6 Å². The maximum atomic E-state index is 15.0. The zero-order chi connectivity index (χ0) is 22.6. The number of aryl methyl sites for hydroxylation is 2. The van der Waals surface area contributed by atoms with Crippen molar-refractivity contribution in [3.63, 3.8) is 0 Å². The van der Waals surface area contributed by atoms with E-state index in [9.17, 15) is 9.59 Å². The lowest BCUT2D eigenvalue weighted by Gasteiger charge is -2.29. The SMILES string of the molecule is Cc1ccc(N2C(=O)[C@H]3[C@@H](c4c(F)cccc4Cl)N(c4ccccc4)O[C@H]3C2=O)c(C)c1. The molecule has 2 amide bonds. The van der Waals surface area contributed by atoms with E-state index in [-0.39, 0.29) is 10.6 Å². The average molecular weight is 451 g/mol. The van der Waals surface area contributed by atoms with Crippen molar-refractivity contribution < 1.29 is 18.8 Å². The van der Waals surface area contributed by atoms with Gasteiger partial charge in [-0.05, 0) is 49.7 Å². The number of carbonyl (C=O) groups is 2. The molecule has 32 heavy (non-hydrogen) atoms. The monoisotopic (exact) mass is 450 g/mol. The molecule has 0 aromatic heterocycles. The summed E-state index contributed by atoms with van der Waals surface area (Å²) in [5, 5.41) is 1.61. The number of anilines is 2. The number of imide groups is 1. The molecule has 7 heteroatoms. The molecular weight excluding hydrogens is 431 g/mol. The van der Waals surface area contributed by atoms with Crippen LogP contribution in [-0.2, 0) is 14.4 Å². The van der Waals surface area contributed by atoms with E-state index in [4.69, 9.17) is 16.4 Å². The minimum absolute atomic E-state index is 0.133. The Bertz CT molecular complexity index is 1210. The van der Waals surface area contributed by atoms with Gasteiger partial charge in [0.05, 0.1) is 11.4 Å². The zero-order valence-corrected chi connectivity index (χ0v) is 18.2. The van der Waals surface area contributed by atoms with Gasteiger partial charge in [0.15, 0.2) is 6.10 Å². The number of benzene rings is 3. The summed E-state index contributed by atoms with van der Waals surface area (Å²) in [6.07, 6.45) is -1.08. The summed E-state index contributed by atoms with van der Waals surface area (Å²) < 4.78 is 15.0. The van der Waals surface area contributed by atoms with Crippen LogP contribution in [0.5, 0.6) is 0 Å². The molecule has 0 bridgehead atoms. The van der Waals surface area contributed by atoms with Gasteiger partial charge in [-0.15, -0.1) is 0 Å². The van der Waals surface area contributed by atoms with Crippen molar-refractivity contribution >= 4 is 34.8 Å². The summed E-state index contributed by atoms with van der Waals surface area (Å²) >= 11 is 6.40. The van der Waals surface area contributed by atoms with E-state index >= 15 is 4.39 Å². The molecule has 2 fully saturated rings. The van der Waals surface area contributed by atoms with Crippen LogP contribution in [0.25, 0.3) is 0 Å². The van der Waals surface area contributed by atoms with Gasteiger partial charge in [0.25, 0.3) is 5.91 Å². The third-order valence-electron chi connectivity index (χ3n) is 6.01. The van der Waals surface area contributed by atoms with Crippen molar-refractivity contribution in [1.82, 2.24) is 0 Å². The third-order valence-corrected chi connectivity index (χ3v) is 6.34. The van der Waals surface area contributed by atoms with Crippen molar-refractivity contribution in [1.29, 1.82) is 0 Å². The van der Waals surface area contributed by atoms with Crippen molar-refractivity contribution in [3.05, 3.63) is 94.3 Å². The summed E-state index contributed by atoms with van der Waals surface area (Å²) in [7, 11) is 0. The number of hydrogen-bond donors (Lipinski definition) is 0. The molecule has 3 aromatic carbocycles. The molecule has 0 N–H and O–H groups in total. The quantitative estimate of drug-likeness (QED) is 0.518. The Morgan fingerprint density at radius 2 is 1.69 bits per heavy atom. The van der Waals surface area contributed by atoms with Crippen LogP contribution in [0.3, 0.4) is 0 Å². The van der Waals surface area contributed by atoms with Gasteiger partial charge in [-0.3, -0.25) is 14.4 Å². The van der Waals surface area contributed by atoms with Gasteiger partial charge in [0.1, 0.15) is 17.8 Å². The summed E-state index contributed by atoms with van der Waals surface area (Å²) in [5.74, 6) is -2.41. The lowest BCUT2D eigenvalue weighted by molar-refractivity contribution is -0.126. The van der Waals surface area contributed by atoms with Crippen LogP contribution in [0.15, 0.2) is 66.7 Å². The Morgan fingerprint density at radius 1 is 0.938 bits per heavy atom. The van der Waals surface area contributed by atoms with E-state index in [1.54, 1.807) is 36.4 Å². The van der Waals surface area contributed by atoms with Crippen LogP contribution in [0.2, 0.25) is 5.02 Å². The van der Waals surface area contributed by atoms with Crippen molar-refractivity contribution in [2.24, 2.45) is 5.92 Å². The molecule has 2 aliphatic heterocycles. The highest BCUT2D eigenvalue weighted by Gasteiger charge is 2.61. The minimum Gasteiger partial charge on any atom is -0.273 e. The third kappa shape index (κ3) is 3.10. The first kappa shape index (κ1) is 20.7. The van der Waals surface area contributed by atoms with Crippen molar-refractivity contribution in [2.75, 3.05) is 9.96 Å². The number of rotatable bonds is 3. The molecule has 2 heterocycles. The van der Waals surface area contributed by atoms with Crippen LogP contribution < -0.4 is 9.96 Å². The van der Waals surface area contributed by atoms with Gasteiger partial charge in [-0.1, -0.05) is 53.6 Å². The fourth-order valence-corrected chi connectivity index (χ4v) is 4.87. The summed E-state index contributed by atoms with van der Waals surface area (Å²) in [5.41, 5.74) is 3.06. The Balaban J connectivity index is 1.64. The van der Waals surface area contributed by atoms with Gasteiger partial charge >= 0.3 is 0 Å². The van der Waals surface area contributed by atoms with Gasteiger partial charge in [0, 0.05) is 10.6 Å². The number of carbonyl (C=O) groups excluding carboxylic acids is 2. The lowest BCUT2D eigenvalue weighted by atomic mass is 9.90. The number of para-hydroxylation sites is 1. The van der Waals surface area contributed by atoms with Gasteiger partial charge < -0.3 is 0 Å². The average Bonchev–Trinajstić information content (AvgIpc) is 3.26. The molecule has 162 valence electrons. The maximum Gasteiger partial charge on any atom is 0.266 e. The fourth-order valence-electron chi connectivity index (χ4n) is 4.59. The summed E-state index contributed by atoms with van der Waals surface area (Å²) in [6.45, 7) is 3.79. The largest absolute Gasteiger partial charge is 0.273 e. The first-order chi connectivity index (χ1) is 15.4. The van der Waals surface area contributed by atoms with Crippen LogP contribution in [0.1, 0.15) is 22.7 Å². The highest BCUT2D eigenvalue weighted by molar-refractivity contribution is 6.31. The number of amides is 2. The molecule has 5 nitrogen and oxygen atoms in total. The second kappa shape index (κ2) is 7.73. The van der Waals surface area contributed by atoms with Crippen LogP contribution in [0.4, 0.5) is 15.8 Å². The van der Waals surface area contributed by atoms with Crippen LogP contribution >= 0.6 is 11.6 Å². The Labute approximate surface area is 189 Å². The molecule has 0 unspecified atom stereocenters. The Hall–Kier alpha value is -3.22. The topological polar surface area (TPSA) is 49.9 Å². The maximum absolute atomic E-state index is 15.0. The van der Waals surface area contributed by atoms with Crippen LogP contribution in [-0.4, -0.2) is 17.9 Å². The van der Waals surface area contributed by atoms with E-state index in [0.717, 1.165) is 16.0 Å². The molecule has 3 aromatic rings. The molecule has 0 saturated carbocycles. The van der Waals surface area contributed by atoms with Gasteiger partial charge in [0.2, 0.25) is 5.91 Å². The molecule has 2 aliphatic rings. The highest BCUT2D eigenvalue weighted by Crippen LogP contribution is 2.49. The summed E-state index contributed by atoms with van der Waals surface area (Å²) in [4.78, 5) is 34.2. The Morgan fingerprint density at radius 3 is 2.38 bits per heavy atom. The predicted molar refractivity (Wildman–Crippen MR) is 120 cm³/mol. The Kier molecular flexibility index (Phi) is 4.99. The molecule has 2 saturated heterocycles. The normalized spacial score (nSPS) is 22.6. The lowest BCUT2D eigenvalue weighted by Crippen LogP contribution is -2.38. The van der Waals surface area contributed by atoms with E-state index in [0.29, 0.717) is 11.4 Å². The van der Waals surface area contributed by atoms with Crippen molar-refractivity contribution in [3.8, 4) is 0 Å². The summed E-state index contributed by atoms with van der Waals surface area (Å²) in [6, 6.07) is 18.0. The zero-order valence-electron chi connectivity index (χ0n) is 17.5. The van der Waals surface area contributed by atoms with Gasteiger partial charge in [-0.2, -0.15) is 0 Å². The highest BCUT2D eigenvalue weighted by atomic mass is 35.5. The first-order valence-electron chi connectivity index (χ1n) is 10.3. The minimum atomic E-state index is -1.08. The molecule has 3 atom stereocenters. The van der Waals surface area contributed by atoms with E-state index in [1.807, 2.05) is 32.0 Å². The molecule has 0 aliphatic carbocycles. The van der Waals surface area contributed by atoms with Crippen molar-refractivity contribution in [2.45, 2.75) is 26.0 Å². The smallest absolute Gasteiger partial charge is 0.266 e. The molecular formula is C25H20ClFN2O3. The van der Waals surface area contributed by atoms with E-state index in [1.165, 1.54) is 17.2 Å². The number of hydrogen-bond acceptors (Lipinski definition) is 4.